The maximum Gasteiger partial charge on any atom is 0.263 e. The monoisotopic (exact) mass is 441 g/mol. The number of carbonyl (C=O) groups excluding carboxylic acids is 1. The zero-order valence-electron chi connectivity index (χ0n) is 13.6. The largest absolute Gasteiger partial charge is 0.324 e. The van der Waals surface area contributed by atoms with E-state index in [0.29, 0.717) is 21.4 Å². The van der Waals surface area contributed by atoms with Crippen LogP contribution < -0.4 is 10.0 Å². The van der Waals surface area contributed by atoms with Crippen LogP contribution in [0.25, 0.3) is 0 Å². The Morgan fingerprint density at radius 1 is 1.11 bits per heavy atom. The molecule has 0 spiro atoms. The fraction of sp³-hybridized carbons (Fsp3) is 0.0588. The Balaban J connectivity index is 1.65. The predicted octanol–water partition coefficient (Wildman–Crippen LogP) is 4.43. The molecular formula is C17H13Cl2N3O3S2. The van der Waals surface area contributed by atoms with Crippen molar-refractivity contribution in [2.75, 3.05) is 10.0 Å². The first kappa shape index (κ1) is 19.6. The highest BCUT2D eigenvalue weighted by molar-refractivity contribution is 7.93. The standard InChI is InChI=1S/C17H13Cl2N3O3S2/c18-11-6-7-15(14(19)8-11)21-16(23)9-12-10-26-17(20-12)22-27(24,25)13-4-2-1-3-5-13/h1-8,10H,9H2,(H,20,22)(H,21,23). The van der Waals surface area contributed by atoms with Crippen LogP contribution in [0.4, 0.5) is 10.8 Å². The maximum atomic E-state index is 12.3. The summed E-state index contributed by atoms with van der Waals surface area (Å²) in [5.74, 6) is -0.331. The second-order valence-corrected chi connectivity index (χ2v) is 8.80. The van der Waals surface area contributed by atoms with Crippen LogP contribution in [0.5, 0.6) is 0 Å². The van der Waals surface area contributed by atoms with E-state index in [-0.39, 0.29) is 22.4 Å². The third-order valence-corrected chi connectivity index (χ3v) is 6.21. The van der Waals surface area contributed by atoms with Gasteiger partial charge in [-0.05, 0) is 30.3 Å². The molecule has 3 aromatic rings. The Kier molecular flexibility index (Phi) is 6.01. The fourth-order valence-electron chi connectivity index (χ4n) is 2.16. The molecule has 0 saturated heterocycles. The van der Waals surface area contributed by atoms with Crippen LogP contribution in [0, 0.1) is 0 Å². The zero-order chi connectivity index (χ0) is 19.4. The van der Waals surface area contributed by atoms with Gasteiger partial charge < -0.3 is 5.32 Å². The fourth-order valence-corrected chi connectivity index (χ4v) is 4.60. The zero-order valence-corrected chi connectivity index (χ0v) is 16.8. The third kappa shape index (κ3) is 5.20. The number of anilines is 2. The van der Waals surface area contributed by atoms with Gasteiger partial charge in [-0.15, -0.1) is 11.3 Å². The number of benzene rings is 2. The second-order valence-electron chi connectivity index (χ2n) is 5.41. The van der Waals surface area contributed by atoms with E-state index in [1.54, 1.807) is 35.7 Å². The molecule has 140 valence electrons. The average molecular weight is 442 g/mol. The minimum atomic E-state index is -3.72. The lowest BCUT2D eigenvalue weighted by Crippen LogP contribution is -2.15. The van der Waals surface area contributed by atoms with E-state index in [9.17, 15) is 13.2 Å². The summed E-state index contributed by atoms with van der Waals surface area (Å²) in [6.07, 6.45) is -0.0253. The van der Waals surface area contributed by atoms with Crippen molar-refractivity contribution in [3.05, 3.63) is 69.7 Å². The molecule has 6 nitrogen and oxygen atoms in total. The normalized spacial score (nSPS) is 11.2. The maximum absolute atomic E-state index is 12.3. The highest BCUT2D eigenvalue weighted by atomic mass is 35.5. The quantitative estimate of drug-likeness (QED) is 0.591. The van der Waals surface area contributed by atoms with Crippen molar-refractivity contribution in [1.29, 1.82) is 0 Å². The average Bonchev–Trinajstić information content (AvgIpc) is 3.04. The van der Waals surface area contributed by atoms with Crippen LogP contribution in [-0.4, -0.2) is 19.3 Å². The Hall–Kier alpha value is -2.13. The van der Waals surface area contributed by atoms with Gasteiger partial charge in [-0.1, -0.05) is 41.4 Å². The minimum Gasteiger partial charge on any atom is -0.324 e. The summed E-state index contributed by atoms with van der Waals surface area (Å²) in [6.45, 7) is 0. The summed E-state index contributed by atoms with van der Waals surface area (Å²) in [5, 5.41) is 5.26. The molecule has 0 radical (unpaired) electrons. The number of hydrogen-bond donors (Lipinski definition) is 2. The molecule has 2 aromatic carbocycles. The third-order valence-electron chi connectivity index (χ3n) is 3.37. The van der Waals surface area contributed by atoms with Crippen molar-refractivity contribution < 1.29 is 13.2 Å². The molecule has 1 aromatic heterocycles. The van der Waals surface area contributed by atoms with Gasteiger partial charge in [0.1, 0.15) is 0 Å². The summed E-state index contributed by atoms with van der Waals surface area (Å²) in [4.78, 5) is 16.4. The van der Waals surface area contributed by atoms with Crippen LogP contribution in [0.3, 0.4) is 0 Å². The van der Waals surface area contributed by atoms with E-state index in [1.807, 2.05) is 0 Å². The lowest BCUT2D eigenvalue weighted by Gasteiger charge is -2.06. The van der Waals surface area contributed by atoms with E-state index < -0.39 is 10.0 Å². The molecule has 2 N–H and O–H groups in total. The van der Waals surface area contributed by atoms with Crippen LogP contribution in [0.2, 0.25) is 10.0 Å². The summed E-state index contributed by atoms with van der Waals surface area (Å²) < 4.78 is 27.0. The van der Waals surface area contributed by atoms with Gasteiger partial charge in [0.2, 0.25) is 5.91 Å². The van der Waals surface area contributed by atoms with E-state index in [4.69, 9.17) is 23.2 Å². The number of halogens is 2. The minimum absolute atomic E-state index is 0.0253. The van der Waals surface area contributed by atoms with Gasteiger partial charge >= 0.3 is 0 Å². The van der Waals surface area contributed by atoms with Crippen molar-refractivity contribution in [2.24, 2.45) is 0 Å². The number of hydrogen-bond acceptors (Lipinski definition) is 5. The van der Waals surface area contributed by atoms with E-state index >= 15 is 0 Å². The molecule has 0 unspecified atom stereocenters. The Morgan fingerprint density at radius 2 is 1.85 bits per heavy atom. The number of sulfonamides is 1. The highest BCUT2D eigenvalue weighted by Gasteiger charge is 2.16. The summed E-state index contributed by atoms with van der Waals surface area (Å²) in [7, 11) is -3.72. The smallest absolute Gasteiger partial charge is 0.263 e. The molecule has 0 atom stereocenters. The number of aromatic nitrogens is 1. The summed E-state index contributed by atoms with van der Waals surface area (Å²) in [6, 6.07) is 12.7. The summed E-state index contributed by atoms with van der Waals surface area (Å²) >= 11 is 12.9. The van der Waals surface area contributed by atoms with E-state index in [2.05, 4.69) is 15.0 Å². The van der Waals surface area contributed by atoms with Gasteiger partial charge in [-0.2, -0.15) is 0 Å². The molecule has 3 rings (SSSR count). The van der Waals surface area contributed by atoms with Crippen LogP contribution >= 0.6 is 34.5 Å². The number of rotatable bonds is 6. The van der Waals surface area contributed by atoms with Gasteiger partial charge in [0.25, 0.3) is 10.0 Å². The van der Waals surface area contributed by atoms with Crippen molar-refractivity contribution in [2.45, 2.75) is 11.3 Å². The predicted molar refractivity (Wildman–Crippen MR) is 108 cm³/mol. The van der Waals surface area contributed by atoms with Gasteiger partial charge in [0.05, 0.1) is 27.7 Å². The van der Waals surface area contributed by atoms with Crippen molar-refractivity contribution >= 4 is 61.3 Å². The molecular weight excluding hydrogens is 429 g/mol. The molecule has 1 amide bonds. The Labute approximate surface area is 170 Å². The lowest BCUT2D eigenvalue weighted by atomic mass is 10.3. The summed E-state index contributed by atoms with van der Waals surface area (Å²) in [5.41, 5.74) is 0.875. The molecule has 10 heteroatoms. The molecule has 0 bridgehead atoms. The first-order chi connectivity index (χ1) is 12.8. The number of nitrogens with one attached hydrogen (secondary N) is 2. The van der Waals surface area contributed by atoms with E-state index in [1.165, 1.54) is 18.2 Å². The highest BCUT2D eigenvalue weighted by Crippen LogP contribution is 2.26. The second kappa shape index (κ2) is 8.26. The number of amides is 1. The van der Waals surface area contributed by atoms with E-state index in [0.717, 1.165) is 11.3 Å². The van der Waals surface area contributed by atoms with Crippen molar-refractivity contribution in [3.63, 3.8) is 0 Å². The first-order valence-corrected chi connectivity index (χ1v) is 10.7. The van der Waals surface area contributed by atoms with Crippen LogP contribution in [-0.2, 0) is 21.2 Å². The molecule has 0 fully saturated rings. The van der Waals surface area contributed by atoms with Crippen LogP contribution in [0.1, 0.15) is 5.69 Å². The Bertz CT molecular complexity index is 1070. The van der Waals surface area contributed by atoms with Gasteiger partial charge in [-0.3, -0.25) is 9.52 Å². The molecule has 27 heavy (non-hydrogen) atoms. The van der Waals surface area contributed by atoms with Crippen molar-refractivity contribution in [3.8, 4) is 0 Å². The topological polar surface area (TPSA) is 88.2 Å². The SMILES string of the molecule is O=C(Cc1csc(NS(=O)(=O)c2ccccc2)n1)Nc1ccc(Cl)cc1Cl. The lowest BCUT2D eigenvalue weighted by molar-refractivity contribution is -0.115. The number of nitrogens with zero attached hydrogens (tertiary/aromatic N) is 1. The van der Waals surface area contributed by atoms with Crippen molar-refractivity contribution in [1.82, 2.24) is 4.98 Å². The van der Waals surface area contributed by atoms with Gasteiger partial charge in [0, 0.05) is 10.4 Å². The van der Waals surface area contributed by atoms with Gasteiger partial charge in [0.15, 0.2) is 5.13 Å². The number of thiazole rings is 1. The molecule has 0 aliphatic heterocycles. The molecule has 0 aliphatic rings. The molecule has 0 saturated carbocycles. The first-order valence-electron chi connectivity index (χ1n) is 7.61. The Morgan fingerprint density at radius 3 is 2.56 bits per heavy atom. The van der Waals surface area contributed by atoms with Crippen LogP contribution in [0.15, 0.2) is 58.8 Å². The molecule has 1 heterocycles. The number of carbonyl (C=O) groups is 1. The molecule has 0 aliphatic carbocycles. The van der Waals surface area contributed by atoms with Gasteiger partial charge in [-0.25, -0.2) is 13.4 Å².